The van der Waals surface area contributed by atoms with Gasteiger partial charge in [-0.05, 0) is 0 Å². The Balaban J connectivity index is 2.00. The summed E-state index contributed by atoms with van der Waals surface area (Å²) >= 11 is 1.65. The smallest absolute Gasteiger partial charge is 0.188 e. The number of hydrogen-bond acceptors (Lipinski definition) is 4. The molecule has 0 amide bonds. The molecule has 0 bridgehead atoms. The summed E-state index contributed by atoms with van der Waals surface area (Å²) in [7, 11) is 1.66. The fourth-order valence-electron chi connectivity index (χ4n) is 0.894. The molecule has 0 unspecified atom stereocenters. The summed E-state index contributed by atoms with van der Waals surface area (Å²) in [5.41, 5.74) is 5.45. The molecule has 0 aliphatic carbocycles. The van der Waals surface area contributed by atoms with Crippen molar-refractivity contribution in [2.24, 2.45) is 10.7 Å². The van der Waals surface area contributed by atoms with Crippen LogP contribution in [0.4, 0.5) is 0 Å². The lowest BCUT2D eigenvalue weighted by Crippen LogP contribution is -2.36. The van der Waals surface area contributed by atoms with Gasteiger partial charge in [0.05, 0.1) is 0 Å². The molecule has 0 spiro atoms. The number of rotatable bonds is 5. The second-order valence-corrected chi connectivity index (χ2v) is 3.62. The van der Waals surface area contributed by atoms with Crippen LogP contribution in [0.25, 0.3) is 0 Å². The molecule has 6 heteroatoms. The second-order valence-electron chi connectivity index (χ2n) is 2.64. The van der Waals surface area contributed by atoms with E-state index in [2.05, 4.69) is 20.6 Å². The summed E-state index contributed by atoms with van der Waals surface area (Å²) in [5.74, 6) is 0.473. The minimum absolute atomic E-state index is 0.473. The first-order valence-electron chi connectivity index (χ1n) is 4.38. The summed E-state index contributed by atoms with van der Waals surface area (Å²) in [5, 5.41) is 9.27. The molecule has 1 heterocycles. The molecule has 0 aliphatic rings. The van der Waals surface area contributed by atoms with Crippen LogP contribution >= 0.6 is 11.3 Å². The van der Waals surface area contributed by atoms with E-state index in [-0.39, 0.29) is 0 Å². The lowest BCUT2D eigenvalue weighted by atomic mass is 10.5. The van der Waals surface area contributed by atoms with Gasteiger partial charge in [-0.25, -0.2) is 4.98 Å². The average molecular weight is 213 g/mol. The molecule has 5 nitrogen and oxygen atoms in total. The van der Waals surface area contributed by atoms with Gasteiger partial charge in [-0.3, -0.25) is 4.99 Å². The van der Waals surface area contributed by atoms with Gasteiger partial charge < -0.3 is 16.4 Å². The van der Waals surface area contributed by atoms with Crippen molar-refractivity contribution in [3.63, 3.8) is 0 Å². The number of aromatic nitrogens is 1. The van der Waals surface area contributed by atoms with Crippen molar-refractivity contribution in [1.82, 2.24) is 15.6 Å². The van der Waals surface area contributed by atoms with Crippen LogP contribution in [0.2, 0.25) is 0 Å². The Morgan fingerprint density at radius 2 is 2.50 bits per heavy atom. The van der Waals surface area contributed by atoms with Gasteiger partial charge in [-0.2, -0.15) is 0 Å². The number of thiazole rings is 1. The molecule has 0 fully saturated rings. The predicted octanol–water partition coefficient (Wildman–Crippen LogP) is -0.233. The third-order valence-electron chi connectivity index (χ3n) is 1.61. The Morgan fingerprint density at radius 1 is 1.64 bits per heavy atom. The van der Waals surface area contributed by atoms with Crippen LogP contribution in [-0.2, 0) is 6.54 Å². The topological polar surface area (TPSA) is 75.3 Å². The maximum absolute atomic E-state index is 5.45. The van der Waals surface area contributed by atoms with E-state index in [4.69, 9.17) is 5.73 Å². The quantitative estimate of drug-likeness (QED) is 0.359. The molecule has 4 N–H and O–H groups in total. The van der Waals surface area contributed by atoms with Crippen LogP contribution in [0.15, 0.2) is 16.6 Å². The van der Waals surface area contributed by atoms with Crippen molar-refractivity contribution in [3.05, 3.63) is 16.6 Å². The van der Waals surface area contributed by atoms with E-state index in [1.807, 2.05) is 11.6 Å². The Kier molecular flexibility index (Phi) is 4.95. The monoisotopic (exact) mass is 213 g/mol. The molecule has 1 aromatic rings. The molecule has 1 aromatic heterocycles. The zero-order valence-corrected chi connectivity index (χ0v) is 8.97. The van der Waals surface area contributed by atoms with Gasteiger partial charge in [0.1, 0.15) is 5.01 Å². The normalized spacial score (nSPS) is 11.6. The maximum Gasteiger partial charge on any atom is 0.188 e. The van der Waals surface area contributed by atoms with E-state index in [1.54, 1.807) is 18.4 Å². The predicted molar refractivity (Wildman–Crippen MR) is 59.4 cm³/mol. The van der Waals surface area contributed by atoms with E-state index in [1.165, 1.54) is 0 Å². The number of hydrogen-bond donors (Lipinski definition) is 3. The molecular weight excluding hydrogens is 198 g/mol. The number of guanidine groups is 1. The molecule has 0 atom stereocenters. The van der Waals surface area contributed by atoms with Gasteiger partial charge in [0.15, 0.2) is 5.96 Å². The van der Waals surface area contributed by atoms with E-state index in [0.29, 0.717) is 5.96 Å². The largest absolute Gasteiger partial charge is 0.370 e. The van der Waals surface area contributed by atoms with Crippen LogP contribution in [0.1, 0.15) is 5.01 Å². The van der Waals surface area contributed by atoms with Crippen molar-refractivity contribution in [2.75, 3.05) is 20.1 Å². The highest BCUT2D eigenvalue weighted by Crippen LogP contribution is 2.01. The SMILES string of the molecule is CN=C(N)NCCNCc1nccs1. The number of nitrogens with one attached hydrogen (secondary N) is 2. The first-order valence-corrected chi connectivity index (χ1v) is 5.26. The number of aliphatic imine (C=N–C) groups is 1. The Morgan fingerprint density at radius 3 is 3.14 bits per heavy atom. The Labute approximate surface area is 87.5 Å². The van der Waals surface area contributed by atoms with Crippen molar-refractivity contribution < 1.29 is 0 Å². The second kappa shape index (κ2) is 6.33. The highest BCUT2D eigenvalue weighted by Gasteiger charge is 1.93. The molecule has 0 radical (unpaired) electrons. The summed E-state index contributed by atoms with van der Waals surface area (Å²) in [6, 6.07) is 0. The van der Waals surface area contributed by atoms with Crippen LogP contribution in [0.5, 0.6) is 0 Å². The minimum Gasteiger partial charge on any atom is -0.370 e. The Hall–Kier alpha value is -1.14. The van der Waals surface area contributed by atoms with E-state index in [0.717, 1.165) is 24.6 Å². The summed E-state index contributed by atoms with van der Waals surface area (Å²) in [6.07, 6.45) is 1.81. The molecule has 0 aliphatic heterocycles. The highest BCUT2D eigenvalue weighted by molar-refractivity contribution is 7.09. The van der Waals surface area contributed by atoms with Crippen LogP contribution in [0, 0.1) is 0 Å². The standard InChI is InChI=1S/C8H15N5S/c1-10-8(9)13-3-2-11-6-7-12-4-5-14-7/h4-5,11H,2-3,6H2,1H3,(H3,9,10,13). The zero-order valence-electron chi connectivity index (χ0n) is 8.16. The van der Waals surface area contributed by atoms with Gasteiger partial charge in [0.25, 0.3) is 0 Å². The zero-order chi connectivity index (χ0) is 10.2. The summed E-state index contributed by atoms with van der Waals surface area (Å²) in [6.45, 7) is 2.42. The molecule has 0 saturated carbocycles. The van der Waals surface area contributed by atoms with E-state index in [9.17, 15) is 0 Å². The van der Waals surface area contributed by atoms with E-state index >= 15 is 0 Å². The first kappa shape index (κ1) is 10.9. The minimum atomic E-state index is 0.473. The van der Waals surface area contributed by atoms with Gasteiger partial charge in [0.2, 0.25) is 0 Å². The third-order valence-corrected chi connectivity index (χ3v) is 2.39. The lowest BCUT2D eigenvalue weighted by Gasteiger charge is -2.04. The molecule has 1 rings (SSSR count). The van der Waals surface area contributed by atoms with Crippen molar-refractivity contribution >= 4 is 17.3 Å². The molecular formula is C8H15N5S. The van der Waals surface area contributed by atoms with Gasteiger partial charge in [-0.1, -0.05) is 0 Å². The fraction of sp³-hybridized carbons (Fsp3) is 0.500. The van der Waals surface area contributed by atoms with Gasteiger partial charge in [0, 0.05) is 38.3 Å². The molecule has 0 saturated heterocycles. The fourth-order valence-corrected chi connectivity index (χ4v) is 1.48. The van der Waals surface area contributed by atoms with Crippen LogP contribution in [-0.4, -0.2) is 31.1 Å². The van der Waals surface area contributed by atoms with Crippen LogP contribution < -0.4 is 16.4 Å². The molecule has 78 valence electrons. The first-order chi connectivity index (χ1) is 6.83. The maximum atomic E-state index is 5.45. The van der Waals surface area contributed by atoms with Crippen molar-refractivity contribution in [2.45, 2.75) is 6.54 Å². The number of nitrogens with zero attached hydrogens (tertiary/aromatic N) is 2. The van der Waals surface area contributed by atoms with Crippen LogP contribution in [0.3, 0.4) is 0 Å². The van der Waals surface area contributed by atoms with E-state index < -0.39 is 0 Å². The van der Waals surface area contributed by atoms with Gasteiger partial charge >= 0.3 is 0 Å². The summed E-state index contributed by atoms with van der Waals surface area (Å²) in [4.78, 5) is 7.93. The third kappa shape index (κ3) is 4.20. The Bertz CT molecular complexity index is 269. The molecule has 0 aromatic carbocycles. The summed E-state index contributed by atoms with van der Waals surface area (Å²) < 4.78 is 0. The van der Waals surface area contributed by atoms with Gasteiger partial charge in [-0.15, -0.1) is 11.3 Å². The van der Waals surface area contributed by atoms with Crippen molar-refractivity contribution in [3.8, 4) is 0 Å². The number of nitrogens with two attached hydrogens (primary N) is 1. The lowest BCUT2D eigenvalue weighted by molar-refractivity contribution is 0.668. The average Bonchev–Trinajstić information content (AvgIpc) is 2.69. The molecule has 14 heavy (non-hydrogen) atoms. The highest BCUT2D eigenvalue weighted by atomic mass is 32.1. The van der Waals surface area contributed by atoms with Crippen molar-refractivity contribution in [1.29, 1.82) is 0 Å².